The summed E-state index contributed by atoms with van der Waals surface area (Å²) >= 11 is 5.91. The Hall–Kier alpha value is -3.30. The molecule has 10 heteroatoms. The Morgan fingerprint density at radius 3 is 2.66 bits per heavy atom. The number of amides is 1. The summed E-state index contributed by atoms with van der Waals surface area (Å²) in [5.74, 6) is 0.761. The molecule has 0 radical (unpaired) electrons. The van der Waals surface area contributed by atoms with Crippen molar-refractivity contribution in [2.24, 2.45) is 5.92 Å². The number of carbonyl (C=O) groups is 1. The van der Waals surface area contributed by atoms with Crippen molar-refractivity contribution in [1.29, 1.82) is 0 Å². The van der Waals surface area contributed by atoms with Gasteiger partial charge in [-0.05, 0) is 63.2 Å². The average Bonchev–Trinajstić information content (AvgIpc) is 3.24. The Morgan fingerprint density at radius 1 is 1.25 bits per heavy atom. The van der Waals surface area contributed by atoms with Gasteiger partial charge in [-0.25, -0.2) is 0 Å². The fraction of sp³-hybridized carbons (Fsp3) is 0.318. The van der Waals surface area contributed by atoms with Gasteiger partial charge in [0.15, 0.2) is 0 Å². The molecular weight excluding hydrogens is 434 g/mol. The molecule has 2 aromatic carbocycles. The number of halogens is 1. The Kier molecular flexibility index (Phi) is 6.48. The first-order valence-corrected chi connectivity index (χ1v) is 10.6. The van der Waals surface area contributed by atoms with E-state index in [-0.39, 0.29) is 17.5 Å². The van der Waals surface area contributed by atoms with Crippen LogP contribution in [0.2, 0.25) is 5.02 Å². The predicted molar refractivity (Wildman–Crippen MR) is 119 cm³/mol. The standard InChI is InChI=1S/C22H22ClN5O4/c1-14-18(3-2-4-19(14)28(30)31)24-22(29)16-9-11-27(12-10-16)13-20-25-21(26-32-20)15-5-7-17(23)8-6-15/h2-8,16H,9-13H2,1H3,(H,24,29). The van der Waals surface area contributed by atoms with E-state index in [0.717, 1.165) is 5.56 Å². The minimum atomic E-state index is -0.445. The molecule has 1 N–H and O–H groups in total. The highest BCUT2D eigenvalue weighted by molar-refractivity contribution is 6.30. The summed E-state index contributed by atoms with van der Waals surface area (Å²) in [6.45, 7) is 3.58. The lowest BCUT2D eigenvalue weighted by Gasteiger charge is -2.30. The van der Waals surface area contributed by atoms with Crippen LogP contribution in [0.4, 0.5) is 11.4 Å². The number of nitro groups is 1. The molecule has 0 bridgehead atoms. The van der Waals surface area contributed by atoms with Crippen LogP contribution < -0.4 is 5.32 Å². The highest BCUT2D eigenvalue weighted by Crippen LogP contribution is 2.27. The van der Waals surface area contributed by atoms with Crippen molar-refractivity contribution in [2.45, 2.75) is 26.3 Å². The van der Waals surface area contributed by atoms with Crippen molar-refractivity contribution in [1.82, 2.24) is 15.0 Å². The number of anilines is 1. The predicted octanol–water partition coefficient (Wildman–Crippen LogP) is 4.46. The van der Waals surface area contributed by atoms with E-state index in [2.05, 4.69) is 20.4 Å². The van der Waals surface area contributed by atoms with Gasteiger partial charge >= 0.3 is 0 Å². The van der Waals surface area contributed by atoms with Crippen LogP contribution in [-0.2, 0) is 11.3 Å². The van der Waals surface area contributed by atoms with Gasteiger partial charge in [-0.3, -0.25) is 19.8 Å². The number of nitrogens with one attached hydrogen (secondary N) is 1. The number of nitro benzene ring substituents is 1. The van der Waals surface area contributed by atoms with Gasteiger partial charge < -0.3 is 9.84 Å². The van der Waals surface area contributed by atoms with Crippen molar-refractivity contribution >= 4 is 28.9 Å². The van der Waals surface area contributed by atoms with Gasteiger partial charge in [0.2, 0.25) is 17.6 Å². The molecule has 1 aliphatic rings. The van der Waals surface area contributed by atoms with Gasteiger partial charge in [0.25, 0.3) is 5.69 Å². The smallest absolute Gasteiger partial charge is 0.274 e. The molecule has 32 heavy (non-hydrogen) atoms. The number of piperidine rings is 1. The van der Waals surface area contributed by atoms with E-state index in [4.69, 9.17) is 16.1 Å². The fourth-order valence-corrected chi connectivity index (χ4v) is 3.90. The maximum atomic E-state index is 12.7. The van der Waals surface area contributed by atoms with Gasteiger partial charge in [-0.2, -0.15) is 4.98 Å². The third kappa shape index (κ3) is 4.95. The SMILES string of the molecule is Cc1c(NC(=O)C2CCN(Cc3nc(-c4ccc(Cl)cc4)no3)CC2)cccc1[N+](=O)[O-]. The zero-order chi connectivity index (χ0) is 22.7. The van der Waals surface area contributed by atoms with Crippen molar-refractivity contribution < 1.29 is 14.2 Å². The largest absolute Gasteiger partial charge is 0.338 e. The summed E-state index contributed by atoms with van der Waals surface area (Å²) in [6, 6.07) is 11.9. The maximum Gasteiger partial charge on any atom is 0.274 e. The molecule has 9 nitrogen and oxygen atoms in total. The van der Waals surface area contributed by atoms with E-state index in [1.54, 1.807) is 31.2 Å². The number of aromatic nitrogens is 2. The van der Waals surface area contributed by atoms with Gasteiger partial charge in [-0.1, -0.05) is 22.8 Å². The van der Waals surface area contributed by atoms with E-state index < -0.39 is 4.92 Å². The molecule has 0 spiro atoms. The summed E-state index contributed by atoms with van der Waals surface area (Å²) in [5, 5.41) is 18.6. The van der Waals surface area contributed by atoms with Gasteiger partial charge in [0.1, 0.15) is 0 Å². The maximum absolute atomic E-state index is 12.7. The van der Waals surface area contributed by atoms with Crippen molar-refractivity contribution in [2.75, 3.05) is 18.4 Å². The number of rotatable bonds is 6. The Bertz CT molecular complexity index is 1120. The molecule has 3 aromatic rings. The third-order valence-corrected chi connectivity index (χ3v) is 5.90. The number of nitrogens with zero attached hydrogens (tertiary/aromatic N) is 4. The number of likely N-dealkylation sites (tertiary alicyclic amines) is 1. The minimum Gasteiger partial charge on any atom is -0.338 e. The molecule has 4 rings (SSSR count). The monoisotopic (exact) mass is 455 g/mol. The third-order valence-electron chi connectivity index (χ3n) is 5.65. The summed E-state index contributed by atoms with van der Waals surface area (Å²) in [6.07, 6.45) is 1.36. The van der Waals surface area contributed by atoms with Gasteiger partial charge in [0, 0.05) is 22.6 Å². The number of hydrogen-bond donors (Lipinski definition) is 1. The van der Waals surface area contributed by atoms with Gasteiger partial charge in [0.05, 0.1) is 22.7 Å². The number of carbonyl (C=O) groups excluding carboxylic acids is 1. The normalized spacial score (nSPS) is 14.9. The summed E-state index contributed by atoms with van der Waals surface area (Å²) in [7, 11) is 0. The highest BCUT2D eigenvalue weighted by Gasteiger charge is 2.27. The Balaban J connectivity index is 1.31. The molecule has 1 saturated heterocycles. The zero-order valence-electron chi connectivity index (χ0n) is 17.5. The first-order chi connectivity index (χ1) is 15.4. The van der Waals surface area contributed by atoms with E-state index in [1.165, 1.54) is 6.07 Å². The molecule has 1 amide bonds. The molecule has 2 heterocycles. The molecular formula is C22H22ClN5O4. The molecule has 0 aliphatic carbocycles. The Morgan fingerprint density at radius 2 is 1.97 bits per heavy atom. The fourth-order valence-electron chi connectivity index (χ4n) is 3.77. The van der Waals surface area contributed by atoms with Crippen LogP contribution in [0.15, 0.2) is 47.0 Å². The topological polar surface area (TPSA) is 114 Å². The molecule has 0 atom stereocenters. The molecule has 1 aliphatic heterocycles. The number of benzene rings is 2. The van der Waals surface area contributed by atoms with E-state index in [0.29, 0.717) is 60.5 Å². The van der Waals surface area contributed by atoms with Crippen molar-refractivity contribution in [3.05, 3.63) is 69.1 Å². The number of hydrogen-bond acceptors (Lipinski definition) is 7. The van der Waals surface area contributed by atoms with Crippen molar-refractivity contribution in [3.63, 3.8) is 0 Å². The molecule has 0 unspecified atom stereocenters. The minimum absolute atomic E-state index is 0.00449. The first kappa shape index (κ1) is 21.9. The van der Waals surface area contributed by atoms with E-state index in [9.17, 15) is 14.9 Å². The lowest BCUT2D eigenvalue weighted by molar-refractivity contribution is -0.385. The van der Waals surface area contributed by atoms with E-state index in [1.807, 2.05) is 12.1 Å². The second kappa shape index (κ2) is 9.46. The molecule has 1 aromatic heterocycles. The van der Waals surface area contributed by atoms with Crippen LogP contribution in [0.1, 0.15) is 24.3 Å². The highest BCUT2D eigenvalue weighted by atomic mass is 35.5. The second-order valence-corrected chi connectivity index (χ2v) is 8.20. The quantitative estimate of drug-likeness (QED) is 0.431. The first-order valence-electron chi connectivity index (χ1n) is 10.3. The second-order valence-electron chi connectivity index (χ2n) is 7.77. The van der Waals surface area contributed by atoms with Crippen LogP contribution in [-0.4, -0.2) is 39.0 Å². The lowest BCUT2D eigenvalue weighted by atomic mass is 9.95. The molecule has 166 valence electrons. The summed E-state index contributed by atoms with van der Waals surface area (Å²) in [5.41, 5.74) is 1.76. The lowest BCUT2D eigenvalue weighted by Crippen LogP contribution is -2.37. The van der Waals surface area contributed by atoms with Crippen molar-refractivity contribution in [3.8, 4) is 11.4 Å². The summed E-state index contributed by atoms with van der Waals surface area (Å²) < 4.78 is 5.38. The van der Waals surface area contributed by atoms with Crippen LogP contribution in [0.5, 0.6) is 0 Å². The average molecular weight is 456 g/mol. The van der Waals surface area contributed by atoms with Crippen LogP contribution in [0.25, 0.3) is 11.4 Å². The van der Waals surface area contributed by atoms with Gasteiger partial charge in [-0.15, -0.1) is 0 Å². The molecule has 1 fully saturated rings. The zero-order valence-corrected chi connectivity index (χ0v) is 18.2. The van der Waals surface area contributed by atoms with Crippen LogP contribution >= 0.6 is 11.6 Å². The summed E-state index contributed by atoms with van der Waals surface area (Å²) in [4.78, 5) is 30.0. The van der Waals surface area contributed by atoms with Crippen LogP contribution in [0.3, 0.4) is 0 Å². The van der Waals surface area contributed by atoms with Crippen LogP contribution in [0, 0.1) is 23.0 Å². The Labute approximate surface area is 189 Å². The molecule has 0 saturated carbocycles. The van der Waals surface area contributed by atoms with E-state index >= 15 is 0 Å².